The fourth-order valence-corrected chi connectivity index (χ4v) is 9.20. The molecule has 1 saturated carbocycles. The molecule has 330 valence electrons. The SMILES string of the molecule is CCCN(CCI)C(=O)C1=Cc2ccc(C(=O)Nc3cnc4c(c3)CN(Cc3ccc(C(=O)NCCNC(=O)C5CCC(CN6C(=O)C=CC6=O)CC5)cc3)CC4)cc2[NH+]=C(N)C1. The minimum Gasteiger partial charge on any atom is -0.354 e. The summed E-state index contributed by atoms with van der Waals surface area (Å²) in [5.41, 5.74) is 13.0. The van der Waals surface area contributed by atoms with Crippen LogP contribution < -0.4 is 26.7 Å². The highest BCUT2D eigenvalue weighted by Crippen LogP contribution is 2.30. The summed E-state index contributed by atoms with van der Waals surface area (Å²) in [6, 6.07) is 14.8. The molecule has 15 nitrogen and oxygen atoms in total. The van der Waals surface area contributed by atoms with Crippen molar-refractivity contribution < 1.29 is 33.8 Å². The van der Waals surface area contributed by atoms with Gasteiger partial charge < -0.3 is 20.9 Å². The smallest absolute Gasteiger partial charge is 0.255 e. The Morgan fingerprint density at radius 2 is 1.65 bits per heavy atom. The summed E-state index contributed by atoms with van der Waals surface area (Å²) in [6.45, 7) is 6.57. The summed E-state index contributed by atoms with van der Waals surface area (Å²) in [5.74, 6) is -0.575. The molecular formula is C47H55IN9O6+. The molecule has 1 aromatic heterocycles. The first-order valence-corrected chi connectivity index (χ1v) is 23.3. The molecule has 1 aliphatic carbocycles. The molecule has 1 fully saturated rings. The van der Waals surface area contributed by atoms with Gasteiger partial charge in [-0.1, -0.05) is 41.6 Å². The van der Waals surface area contributed by atoms with Crippen molar-refractivity contribution in [3.05, 3.63) is 106 Å². The van der Waals surface area contributed by atoms with Crippen molar-refractivity contribution in [1.82, 2.24) is 30.3 Å². The number of amidine groups is 1. The number of aromatic nitrogens is 1. The fraction of sp³-hybridized carbons (Fsp3) is 0.404. The number of hydrogen-bond acceptors (Lipinski definition) is 9. The van der Waals surface area contributed by atoms with Crippen molar-refractivity contribution in [3.63, 3.8) is 0 Å². The lowest BCUT2D eigenvalue weighted by Crippen LogP contribution is -2.69. The van der Waals surface area contributed by atoms with Crippen LogP contribution in [0.3, 0.4) is 0 Å². The zero-order valence-electron chi connectivity index (χ0n) is 35.6. The third-order valence-electron chi connectivity index (χ3n) is 12.0. The first-order chi connectivity index (χ1) is 30.5. The number of rotatable bonds is 16. The molecule has 16 heteroatoms. The maximum atomic E-state index is 13.5. The Kier molecular flexibility index (Phi) is 15.2. The van der Waals surface area contributed by atoms with Gasteiger partial charge in [-0.05, 0) is 91.6 Å². The average molecular weight is 969 g/mol. The number of pyridine rings is 1. The number of nitrogens with two attached hydrogens (primary N) is 1. The monoisotopic (exact) mass is 968 g/mol. The summed E-state index contributed by atoms with van der Waals surface area (Å²) in [4.78, 5) is 89.6. The van der Waals surface area contributed by atoms with Crippen molar-refractivity contribution >= 4 is 81.3 Å². The topological polar surface area (TPSA) is 201 Å². The summed E-state index contributed by atoms with van der Waals surface area (Å²) in [5, 5.41) is 8.83. The van der Waals surface area contributed by atoms with Crippen LogP contribution in [0.4, 0.5) is 11.4 Å². The van der Waals surface area contributed by atoms with Crippen LogP contribution in [0.25, 0.3) is 6.08 Å². The Balaban J connectivity index is 0.856. The van der Waals surface area contributed by atoms with Crippen molar-refractivity contribution in [3.8, 4) is 0 Å². The molecule has 3 aromatic rings. The van der Waals surface area contributed by atoms with Crippen LogP contribution in [0.15, 0.2) is 72.5 Å². The van der Waals surface area contributed by atoms with E-state index in [-0.39, 0.29) is 47.3 Å². The standard InChI is InChI=1S/C47H54IN9O6/c1-2-19-56(21-16-48)47(63)36-22-34-11-12-35(24-40(34)54-41(49)25-36)46(62)53-38-23-37-29-55(20-15-39(37)52-26-38)27-30-3-7-32(8-4-30)44(60)50-17-18-51-45(61)33-9-5-31(6-10-33)28-57-42(58)13-14-43(57)59/h3-4,7-8,11-14,22-24,26,31,33H,2,5-6,9-10,15-21,25,27-29H2,1H3,(H2,49,54)(H,50,60)(H,51,61)(H,53,62)/p+1. The van der Waals surface area contributed by atoms with Crippen LogP contribution in [-0.4, -0.2) is 105 Å². The number of carbonyl (C=O) groups excluding carboxylic acids is 6. The van der Waals surface area contributed by atoms with Gasteiger partial charge in [0.1, 0.15) is 5.69 Å². The van der Waals surface area contributed by atoms with E-state index in [2.05, 4.69) is 60.3 Å². The van der Waals surface area contributed by atoms with Crippen LogP contribution in [0.5, 0.6) is 0 Å². The van der Waals surface area contributed by atoms with Gasteiger partial charge in [-0.15, -0.1) is 0 Å². The number of nitrogens with one attached hydrogen (secondary N) is 4. The molecule has 0 radical (unpaired) electrons. The van der Waals surface area contributed by atoms with Crippen LogP contribution in [-0.2, 0) is 38.7 Å². The van der Waals surface area contributed by atoms with Gasteiger partial charge in [0.25, 0.3) is 23.6 Å². The first-order valence-electron chi connectivity index (χ1n) is 21.8. The number of halogens is 1. The molecule has 0 spiro atoms. The zero-order valence-corrected chi connectivity index (χ0v) is 37.7. The van der Waals surface area contributed by atoms with Crippen LogP contribution in [0, 0.1) is 11.8 Å². The summed E-state index contributed by atoms with van der Waals surface area (Å²) in [6.07, 6.45) is 11.0. The highest BCUT2D eigenvalue weighted by Gasteiger charge is 2.31. The van der Waals surface area contributed by atoms with Gasteiger partial charge >= 0.3 is 0 Å². The minimum atomic E-state index is -0.288. The van der Waals surface area contributed by atoms with E-state index in [0.29, 0.717) is 99.0 Å². The lowest BCUT2D eigenvalue weighted by atomic mass is 9.81. The molecule has 0 bridgehead atoms. The molecule has 4 heterocycles. The molecule has 0 atom stereocenters. The Bertz CT molecular complexity index is 2310. The Labute approximate surface area is 381 Å². The highest BCUT2D eigenvalue weighted by molar-refractivity contribution is 14.1. The maximum absolute atomic E-state index is 13.5. The van der Waals surface area contributed by atoms with E-state index in [0.717, 1.165) is 59.0 Å². The van der Waals surface area contributed by atoms with Crippen LogP contribution in [0.2, 0.25) is 0 Å². The summed E-state index contributed by atoms with van der Waals surface area (Å²) < 4.78 is 0.841. The molecule has 7 rings (SSSR count). The number of nitrogens with zero attached hydrogens (tertiary/aromatic N) is 4. The third-order valence-corrected chi connectivity index (χ3v) is 12.5. The molecule has 63 heavy (non-hydrogen) atoms. The predicted octanol–water partition coefficient (Wildman–Crippen LogP) is 3.00. The highest BCUT2D eigenvalue weighted by atomic mass is 127. The normalized spacial score (nSPS) is 18.4. The van der Waals surface area contributed by atoms with E-state index < -0.39 is 0 Å². The van der Waals surface area contributed by atoms with Crippen LogP contribution >= 0.6 is 22.6 Å². The van der Waals surface area contributed by atoms with E-state index in [4.69, 9.17) is 5.73 Å². The first kappa shape index (κ1) is 45.3. The van der Waals surface area contributed by atoms with E-state index in [1.54, 1.807) is 18.3 Å². The molecule has 3 aliphatic heterocycles. The Morgan fingerprint density at radius 1 is 0.921 bits per heavy atom. The number of fused-ring (bicyclic) bond motifs is 2. The largest absolute Gasteiger partial charge is 0.354 e. The molecule has 2 aromatic carbocycles. The van der Waals surface area contributed by atoms with Gasteiger partial charge in [0.05, 0.1) is 18.3 Å². The Morgan fingerprint density at radius 3 is 2.38 bits per heavy atom. The second kappa shape index (κ2) is 21.1. The van der Waals surface area contributed by atoms with E-state index >= 15 is 0 Å². The molecule has 0 unspecified atom stereocenters. The number of carbonyl (C=O) groups is 6. The molecule has 4 aliphatic rings. The van der Waals surface area contributed by atoms with Crippen molar-refractivity contribution in [1.29, 1.82) is 0 Å². The second-order valence-electron chi connectivity index (χ2n) is 16.6. The number of amides is 6. The van der Waals surface area contributed by atoms with Gasteiger partial charge in [-0.2, -0.15) is 0 Å². The lowest BCUT2D eigenvalue weighted by Gasteiger charge is -2.30. The van der Waals surface area contributed by atoms with E-state index in [1.165, 1.54) is 17.1 Å². The number of hydrogen-bond donors (Lipinski definition) is 5. The molecule has 6 N–H and O–H groups in total. The lowest BCUT2D eigenvalue weighted by molar-refractivity contribution is -0.356. The zero-order chi connectivity index (χ0) is 44.5. The van der Waals surface area contributed by atoms with Gasteiger partial charge in [-0.3, -0.25) is 49.3 Å². The minimum absolute atomic E-state index is 0.0257. The summed E-state index contributed by atoms with van der Waals surface area (Å²) >= 11 is 2.28. The quantitative estimate of drug-likeness (QED) is 0.0620. The maximum Gasteiger partial charge on any atom is 0.255 e. The van der Waals surface area contributed by atoms with Crippen molar-refractivity contribution in [2.24, 2.45) is 17.6 Å². The van der Waals surface area contributed by atoms with Gasteiger partial charge in [0.15, 0.2) is 0 Å². The third kappa shape index (κ3) is 11.6. The number of alkyl halides is 1. The Hall–Kier alpha value is -5.75. The van der Waals surface area contributed by atoms with Crippen LogP contribution in [0.1, 0.15) is 88.5 Å². The van der Waals surface area contributed by atoms with E-state index in [1.807, 2.05) is 47.4 Å². The van der Waals surface area contributed by atoms with Gasteiger partial charge in [-0.25, -0.2) is 4.99 Å². The number of anilines is 1. The predicted molar refractivity (Wildman–Crippen MR) is 248 cm³/mol. The average Bonchev–Trinajstić information content (AvgIpc) is 3.49. The second-order valence-corrected chi connectivity index (χ2v) is 17.7. The molecule has 0 saturated heterocycles. The van der Waals surface area contributed by atoms with Gasteiger partial charge in [0.2, 0.25) is 17.6 Å². The molecule has 6 amide bonds. The van der Waals surface area contributed by atoms with E-state index in [9.17, 15) is 28.8 Å². The summed E-state index contributed by atoms with van der Waals surface area (Å²) in [7, 11) is 0. The number of imide groups is 1. The molecular weight excluding hydrogens is 913 g/mol. The fourth-order valence-electron chi connectivity index (χ4n) is 8.62. The van der Waals surface area contributed by atoms with Crippen molar-refractivity contribution in [2.75, 3.05) is 49.0 Å². The van der Waals surface area contributed by atoms with Crippen molar-refractivity contribution in [2.45, 2.75) is 65.0 Å². The number of benzene rings is 2. The van der Waals surface area contributed by atoms with Gasteiger partial charge in [0, 0.05) is 109 Å².